The van der Waals surface area contributed by atoms with Crippen molar-refractivity contribution in [2.75, 3.05) is 14.1 Å². The Bertz CT molecular complexity index is 283. The first kappa shape index (κ1) is 9.22. The van der Waals surface area contributed by atoms with Crippen molar-refractivity contribution in [3.63, 3.8) is 0 Å². The van der Waals surface area contributed by atoms with Gasteiger partial charge in [0, 0.05) is 0 Å². The fourth-order valence-corrected chi connectivity index (χ4v) is 0.831. The second-order valence-corrected chi connectivity index (χ2v) is 2.98. The van der Waals surface area contributed by atoms with Gasteiger partial charge in [-0.25, -0.2) is 4.98 Å². The molecule has 0 aliphatic rings. The Morgan fingerprint density at radius 2 is 2.42 bits per heavy atom. The molecule has 0 saturated heterocycles. The molecule has 66 valence electrons. The lowest BCUT2D eigenvalue weighted by Crippen LogP contribution is -2.10. The van der Waals surface area contributed by atoms with Gasteiger partial charge < -0.3 is 9.32 Å². The number of carbonyl (C=O) groups is 1. The van der Waals surface area contributed by atoms with Crippen LogP contribution in [0.15, 0.2) is 10.7 Å². The molecule has 0 aromatic carbocycles. The zero-order valence-electron chi connectivity index (χ0n) is 6.87. The Balaban J connectivity index is 2.71. The van der Waals surface area contributed by atoms with Crippen molar-refractivity contribution in [1.29, 1.82) is 0 Å². The third kappa shape index (κ3) is 2.32. The number of carbonyl (C=O) groups excluding carboxylic acids is 1. The summed E-state index contributed by atoms with van der Waals surface area (Å²) in [6.45, 7) is 0.560. The maximum Gasteiger partial charge on any atom is 0.274 e. The molecule has 0 unspecified atom stereocenters. The molecule has 0 amide bonds. The van der Waals surface area contributed by atoms with Crippen LogP contribution < -0.4 is 0 Å². The summed E-state index contributed by atoms with van der Waals surface area (Å²) in [5.74, 6) is 0.490. The Morgan fingerprint density at radius 3 is 2.83 bits per heavy atom. The molecule has 0 spiro atoms. The lowest BCUT2D eigenvalue weighted by molar-refractivity contribution is 0.107. The van der Waals surface area contributed by atoms with E-state index in [0.29, 0.717) is 12.4 Å². The molecule has 0 fully saturated rings. The van der Waals surface area contributed by atoms with Gasteiger partial charge in [-0.2, -0.15) is 0 Å². The molecule has 5 heteroatoms. The molecule has 0 saturated carbocycles. The molecule has 1 rings (SSSR count). The molecule has 4 nitrogen and oxygen atoms in total. The summed E-state index contributed by atoms with van der Waals surface area (Å²) in [5.41, 5.74) is 0.161. The Labute approximate surface area is 75.1 Å². The smallest absolute Gasteiger partial charge is 0.274 e. The highest BCUT2D eigenvalue weighted by atomic mass is 35.5. The van der Waals surface area contributed by atoms with E-state index in [1.165, 1.54) is 6.26 Å². The first-order valence-electron chi connectivity index (χ1n) is 3.38. The summed E-state index contributed by atoms with van der Waals surface area (Å²) in [7, 11) is 3.76. The molecule has 0 bridgehead atoms. The van der Waals surface area contributed by atoms with Gasteiger partial charge in [0.1, 0.15) is 6.26 Å². The molecular formula is C7H9ClN2O2. The maximum absolute atomic E-state index is 10.6. The highest BCUT2D eigenvalue weighted by Crippen LogP contribution is 2.05. The van der Waals surface area contributed by atoms with E-state index in [0.717, 1.165) is 0 Å². The Hall–Kier alpha value is -0.870. The van der Waals surface area contributed by atoms with Gasteiger partial charge in [-0.3, -0.25) is 4.79 Å². The minimum absolute atomic E-state index is 0.161. The summed E-state index contributed by atoms with van der Waals surface area (Å²) in [4.78, 5) is 16.3. The largest absolute Gasteiger partial charge is 0.447 e. The maximum atomic E-state index is 10.6. The molecule has 0 aliphatic carbocycles. The van der Waals surface area contributed by atoms with E-state index in [4.69, 9.17) is 16.0 Å². The topological polar surface area (TPSA) is 46.3 Å². The van der Waals surface area contributed by atoms with E-state index < -0.39 is 5.24 Å². The van der Waals surface area contributed by atoms with Gasteiger partial charge in [0.15, 0.2) is 5.69 Å². The van der Waals surface area contributed by atoms with Gasteiger partial charge in [0.25, 0.3) is 5.24 Å². The van der Waals surface area contributed by atoms with Crippen LogP contribution in [0.2, 0.25) is 0 Å². The first-order chi connectivity index (χ1) is 5.59. The SMILES string of the molecule is CN(C)Cc1nc(C(=O)Cl)co1. The van der Waals surface area contributed by atoms with Crippen molar-refractivity contribution in [3.8, 4) is 0 Å². The van der Waals surface area contributed by atoms with Crippen LogP contribution in [0, 0.1) is 0 Å². The summed E-state index contributed by atoms with van der Waals surface area (Å²) in [6.07, 6.45) is 1.26. The van der Waals surface area contributed by atoms with Crippen molar-refractivity contribution in [3.05, 3.63) is 17.8 Å². The quantitative estimate of drug-likeness (QED) is 0.667. The van der Waals surface area contributed by atoms with Gasteiger partial charge in [0.05, 0.1) is 6.54 Å². The number of nitrogens with zero attached hydrogens (tertiary/aromatic N) is 2. The molecule has 1 aromatic rings. The second-order valence-electron chi connectivity index (χ2n) is 2.64. The summed E-state index contributed by atoms with van der Waals surface area (Å²) in [6, 6.07) is 0. The van der Waals surface area contributed by atoms with Crippen LogP contribution in [0.25, 0.3) is 0 Å². The van der Waals surface area contributed by atoms with Crippen molar-refractivity contribution in [1.82, 2.24) is 9.88 Å². The van der Waals surface area contributed by atoms with E-state index in [9.17, 15) is 4.79 Å². The number of oxazole rings is 1. The second kappa shape index (κ2) is 3.69. The molecule has 0 N–H and O–H groups in total. The van der Waals surface area contributed by atoms with Crippen LogP contribution in [0.1, 0.15) is 16.4 Å². The van der Waals surface area contributed by atoms with Crippen LogP contribution in [0.5, 0.6) is 0 Å². The van der Waals surface area contributed by atoms with E-state index in [1.807, 2.05) is 19.0 Å². The predicted molar refractivity (Wildman–Crippen MR) is 44.1 cm³/mol. The van der Waals surface area contributed by atoms with Gasteiger partial charge in [0.2, 0.25) is 5.89 Å². The van der Waals surface area contributed by atoms with Crippen molar-refractivity contribution in [2.45, 2.75) is 6.54 Å². The van der Waals surface area contributed by atoms with Crippen LogP contribution >= 0.6 is 11.6 Å². The third-order valence-corrected chi connectivity index (χ3v) is 1.40. The number of rotatable bonds is 3. The van der Waals surface area contributed by atoms with Crippen LogP contribution in [-0.4, -0.2) is 29.2 Å². The third-order valence-electron chi connectivity index (χ3n) is 1.20. The zero-order valence-corrected chi connectivity index (χ0v) is 7.63. The van der Waals surface area contributed by atoms with Crippen LogP contribution in [-0.2, 0) is 6.54 Å². The monoisotopic (exact) mass is 188 g/mol. The number of aromatic nitrogens is 1. The lowest BCUT2D eigenvalue weighted by Gasteiger charge is -2.03. The normalized spacial score (nSPS) is 10.7. The molecule has 1 heterocycles. The average Bonchev–Trinajstić information content (AvgIpc) is 2.34. The molecule has 0 atom stereocenters. The van der Waals surface area contributed by atoms with E-state index in [2.05, 4.69) is 4.98 Å². The minimum atomic E-state index is -0.594. The number of hydrogen-bond acceptors (Lipinski definition) is 4. The predicted octanol–water partition coefficient (Wildman–Crippen LogP) is 1.12. The molecule has 0 aliphatic heterocycles. The average molecular weight is 189 g/mol. The zero-order chi connectivity index (χ0) is 9.14. The van der Waals surface area contributed by atoms with Crippen molar-refractivity contribution in [2.24, 2.45) is 0 Å². The van der Waals surface area contributed by atoms with Crippen molar-refractivity contribution >= 4 is 16.8 Å². The summed E-state index contributed by atoms with van der Waals surface area (Å²) >= 11 is 5.18. The molecule has 0 radical (unpaired) electrons. The van der Waals surface area contributed by atoms with Gasteiger partial charge >= 0.3 is 0 Å². The Kier molecular flexibility index (Phi) is 2.83. The fraction of sp³-hybridized carbons (Fsp3) is 0.429. The van der Waals surface area contributed by atoms with Gasteiger partial charge in [-0.1, -0.05) is 0 Å². The lowest BCUT2D eigenvalue weighted by atomic mass is 10.5. The standard InChI is InChI=1S/C7H9ClN2O2/c1-10(2)3-6-9-5(4-12-6)7(8)11/h4H,3H2,1-2H3. The van der Waals surface area contributed by atoms with Gasteiger partial charge in [-0.15, -0.1) is 0 Å². The van der Waals surface area contributed by atoms with E-state index in [-0.39, 0.29) is 5.69 Å². The molecule has 12 heavy (non-hydrogen) atoms. The van der Waals surface area contributed by atoms with Crippen LogP contribution in [0.3, 0.4) is 0 Å². The van der Waals surface area contributed by atoms with E-state index >= 15 is 0 Å². The highest BCUT2D eigenvalue weighted by molar-refractivity contribution is 6.67. The summed E-state index contributed by atoms with van der Waals surface area (Å²) in [5, 5.41) is -0.594. The van der Waals surface area contributed by atoms with Crippen molar-refractivity contribution < 1.29 is 9.21 Å². The minimum Gasteiger partial charge on any atom is -0.447 e. The number of halogens is 1. The molecule has 1 aromatic heterocycles. The van der Waals surface area contributed by atoms with Gasteiger partial charge in [-0.05, 0) is 25.7 Å². The fourth-order valence-electron chi connectivity index (χ4n) is 0.744. The Morgan fingerprint density at radius 1 is 1.75 bits per heavy atom. The molecular weight excluding hydrogens is 180 g/mol. The van der Waals surface area contributed by atoms with E-state index in [1.54, 1.807) is 0 Å². The summed E-state index contributed by atoms with van der Waals surface area (Å²) < 4.78 is 4.98. The highest BCUT2D eigenvalue weighted by Gasteiger charge is 2.09. The van der Waals surface area contributed by atoms with Crippen LogP contribution in [0.4, 0.5) is 0 Å². The number of hydrogen-bond donors (Lipinski definition) is 0. The first-order valence-corrected chi connectivity index (χ1v) is 3.76.